The van der Waals surface area contributed by atoms with E-state index >= 15 is 0 Å². The quantitative estimate of drug-likeness (QED) is 0.841. The Kier molecular flexibility index (Phi) is 4.55. The molecule has 2 fully saturated rings. The van der Waals surface area contributed by atoms with E-state index in [1.165, 1.54) is 6.07 Å². The molecule has 27 heavy (non-hydrogen) atoms. The van der Waals surface area contributed by atoms with Crippen LogP contribution in [0.25, 0.3) is 10.9 Å². The SMILES string of the molecule is CCCN1CCN(C(=O)c2cc(=O)c3ccccc3[nH]2)[C@H]2CS(=O)(=O)C[C@H]21. The summed E-state index contributed by atoms with van der Waals surface area (Å²) in [5.41, 5.74) is 0.604. The fourth-order valence-corrected chi connectivity index (χ4v) is 6.32. The van der Waals surface area contributed by atoms with Gasteiger partial charge < -0.3 is 9.88 Å². The van der Waals surface area contributed by atoms with Gasteiger partial charge in [0.25, 0.3) is 5.91 Å². The standard InChI is InChI=1S/C19H23N3O4S/c1-2-7-21-8-9-22(17-12-27(25,26)11-16(17)21)19(24)15-10-18(23)13-5-3-4-6-14(13)20-15/h3-6,10,16-17H,2,7-9,11-12H2,1H3,(H,20,23)/t16-,17+/m1/s1. The highest BCUT2D eigenvalue weighted by molar-refractivity contribution is 7.91. The third-order valence-corrected chi connectivity index (χ3v) is 7.23. The van der Waals surface area contributed by atoms with Crippen molar-refractivity contribution in [2.75, 3.05) is 31.1 Å². The maximum Gasteiger partial charge on any atom is 0.270 e. The van der Waals surface area contributed by atoms with Crippen LogP contribution in [-0.2, 0) is 9.84 Å². The second-order valence-electron chi connectivity index (χ2n) is 7.34. The monoisotopic (exact) mass is 389 g/mol. The molecule has 1 amide bonds. The van der Waals surface area contributed by atoms with Crippen molar-refractivity contribution in [3.05, 3.63) is 46.2 Å². The van der Waals surface area contributed by atoms with Gasteiger partial charge in [-0.2, -0.15) is 0 Å². The second-order valence-corrected chi connectivity index (χ2v) is 9.49. The van der Waals surface area contributed by atoms with Crippen LogP contribution in [0.1, 0.15) is 23.8 Å². The highest BCUT2D eigenvalue weighted by atomic mass is 32.2. The molecule has 4 rings (SSSR count). The van der Waals surface area contributed by atoms with Gasteiger partial charge in [0, 0.05) is 36.1 Å². The van der Waals surface area contributed by atoms with E-state index in [1.807, 2.05) is 0 Å². The first-order valence-corrected chi connectivity index (χ1v) is 11.1. The summed E-state index contributed by atoms with van der Waals surface area (Å²) in [6.07, 6.45) is 0.940. The molecule has 0 bridgehead atoms. The number of nitrogens with one attached hydrogen (secondary N) is 1. The van der Waals surface area contributed by atoms with Gasteiger partial charge in [-0.3, -0.25) is 14.5 Å². The number of sulfone groups is 1. The first-order chi connectivity index (χ1) is 12.9. The van der Waals surface area contributed by atoms with Crippen LogP contribution in [0.3, 0.4) is 0 Å². The van der Waals surface area contributed by atoms with Gasteiger partial charge >= 0.3 is 0 Å². The number of aromatic nitrogens is 1. The van der Waals surface area contributed by atoms with Crippen LogP contribution in [0, 0.1) is 0 Å². The number of benzene rings is 1. The minimum Gasteiger partial charge on any atom is -0.350 e. The Balaban J connectivity index is 1.69. The number of pyridine rings is 1. The highest BCUT2D eigenvalue weighted by Crippen LogP contribution is 2.28. The molecule has 0 saturated carbocycles. The number of para-hydroxylation sites is 1. The first-order valence-electron chi connectivity index (χ1n) is 9.27. The smallest absolute Gasteiger partial charge is 0.270 e. The number of H-pyrrole nitrogens is 1. The van der Waals surface area contributed by atoms with E-state index in [0.717, 1.165) is 13.0 Å². The maximum absolute atomic E-state index is 13.2. The van der Waals surface area contributed by atoms with Crippen LogP contribution < -0.4 is 5.43 Å². The molecule has 7 nitrogen and oxygen atoms in total. The summed E-state index contributed by atoms with van der Waals surface area (Å²) in [6.45, 7) is 4.00. The molecule has 0 unspecified atom stereocenters. The third kappa shape index (κ3) is 3.27. The summed E-state index contributed by atoms with van der Waals surface area (Å²) >= 11 is 0. The molecule has 1 aromatic heterocycles. The van der Waals surface area contributed by atoms with Gasteiger partial charge in [-0.15, -0.1) is 0 Å². The Morgan fingerprint density at radius 3 is 2.70 bits per heavy atom. The van der Waals surface area contributed by atoms with Crippen molar-refractivity contribution < 1.29 is 13.2 Å². The fraction of sp³-hybridized carbons (Fsp3) is 0.474. The molecule has 1 aromatic carbocycles. The van der Waals surface area contributed by atoms with Crippen LogP contribution in [0.4, 0.5) is 0 Å². The number of hydrogen-bond donors (Lipinski definition) is 1. The average Bonchev–Trinajstić information content (AvgIpc) is 2.97. The van der Waals surface area contributed by atoms with Crippen molar-refractivity contribution in [3.63, 3.8) is 0 Å². The molecule has 144 valence electrons. The largest absolute Gasteiger partial charge is 0.350 e. The van der Waals surface area contributed by atoms with E-state index in [0.29, 0.717) is 24.0 Å². The van der Waals surface area contributed by atoms with Crippen molar-refractivity contribution in [2.24, 2.45) is 0 Å². The molecule has 0 spiro atoms. The van der Waals surface area contributed by atoms with Crippen LogP contribution in [-0.4, -0.2) is 72.3 Å². The molecule has 2 aliphatic rings. The highest BCUT2D eigenvalue weighted by Gasteiger charge is 2.47. The Morgan fingerprint density at radius 2 is 1.93 bits per heavy atom. The van der Waals surface area contributed by atoms with E-state index in [9.17, 15) is 18.0 Å². The van der Waals surface area contributed by atoms with Crippen LogP contribution in [0.15, 0.2) is 35.1 Å². The van der Waals surface area contributed by atoms with E-state index < -0.39 is 9.84 Å². The summed E-state index contributed by atoms with van der Waals surface area (Å²) in [7, 11) is -3.18. The number of aromatic amines is 1. The summed E-state index contributed by atoms with van der Waals surface area (Å²) in [5, 5.41) is 0.531. The lowest BCUT2D eigenvalue weighted by Crippen LogP contribution is -2.60. The number of amides is 1. The fourth-order valence-electron chi connectivity index (χ4n) is 4.31. The van der Waals surface area contributed by atoms with Crippen molar-refractivity contribution in [1.29, 1.82) is 0 Å². The van der Waals surface area contributed by atoms with Crippen LogP contribution in [0.5, 0.6) is 0 Å². The predicted molar refractivity (Wildman–Crippen MR) is 104 cm³/mol. The lowest BCUT2D eigenvalue weighted by atomic mass is 10.0. The number of rotatable bonds is 3. The number of hydrogen-bond acceptors (Lipinski definition) is 5. The number of nitrogens with zero attached hydrogens (tertiary/aromatic N) is 2. The molecule has 3 heterocycles. The Hall–Kier alpha value is -2.19. The zero-order valence-corrected chi connectivity index (χ0v) is 16.0. The van der Waals surface area contributed by atoms with E-state index in [1.54, 1.807) is 29.2 Å². The average molecular weight is 389 g/mol. The van der Waals surface area contributed by atoms with Crippen LogP contribution in [0.2, 0.25) is 0 Å². The molecule has 2 aliphatic heterocycles. The summed E-state index contributed by atoms with van der Waals surface area (Å²) in [5.74, 6) is -0.224. The van der Waals surface area contributed by atoms with Crippen molar-refractivity contribution in [1.82, 2.24) is 14.8 Å². The second kappa shape index (κ2) is 6.76. The number of carbonyl (C=O) groups excluding carboxylic acids is 1. The number of fused-ring (bicyclic) bond motifs is 2. The lowest BCUT2D eigenvalue weighted by Gasteiger charge is -2.43. The van der Waals surface area contributed by atoms with Gasteiger partial charge in [0.05, 0.1) is 17.5 Å². The maximum atomic E-state index is 13.2. The Labute approximate surface area is 157 Å². The van der Waals surface area contributed by atoms with Crippen molar-refractivity contribution >= 4 is 26.6 Å². The Bertz CT molecular complexity index is 1050. The summed E-state index contributed by atoms with van der Waals surface area (Å²) in [6, 6.07) is 7.84. The number of carbonyl (C=O) groups is 1. The minimum absolute atomic E-state index is 0.0125. The predicted octanol–water partition coefficient (Wildman–Crippen LogP) is 0.861. The topological polar surface area (TPSA) is 90.6 Å². The van der Waals surface area contributed by atoms with E-state index in [4.69, 9.17) is 0 Å². The molecule has 2 saturated heterocycles. The molecule has 1 N–H and O–H groups in total. The van der Waals surface area contributed by atoms with Crippen molar-refractivity contribution in [2.45, 2.75) is 25.4 Å². The van der Waals surface area contributed by atoms with Gasteiger partial charge in [0.1, 0.15) is 5.69 Å². The molecule has 8 heteroatoms. The molecule has 0 radical (unpaired) electrons. The van der Waals surface area contributed by atoms with Gasteiger partial charge in [-0.25, -0.2) is 8.42 Å². The van der Waals surface area contributed by atoms with Gasteiger partial charge in [-0.05, 0) is 25.1 Å². The van der Waals surface area contributed by atoms with Crippen LogP contribution >= 0.6 is 0 Å². The Morgan fingerprint density at radius 1 is 1.19 bits per heavy atom. The van der Waals surface area contributed by atoms with E-state index in [-0.39, 0.29) is 40.6 Å². The molecular formula is C19H23N3O4S. The third-order valence-electron chi connectivity index (χ3n) is 5.53. The van der Waals surface area contributed by atoms with E-state index in [2.05, 4.69) is 16.8 Å². The molecular weight excluding hydrogens is 366 g/mol. The normalized spacial score (nSPS) is 24.9. The molecule has 2 aromatic rings. The minimum atomic E-state index is -3.18. The summed E-state index contributed by atoms with van der Waals surface area (Å²) < 4.78 is 24.5. The molecule has 2 atom stereocenters. The lowest BCUT2D eigenvalue weighted by molar-refractivity contribution is 0.0328. The first kappa shape index (κ1) is 18.2. The van der Waals surface area contributed by atoms with Gasteiger partial charge in [-0.1, -0.05) is 19.1 Å². The zero-order valence-electron chi connectivity index (χ0n) is 15.2. The number of piperazine rings is 1. The van der Waals surface area contributed by atoms with Crippen molar-refractivity contribution in [3.8, 4) is 0 Å². The summed E-state index contributed by atoms with van der Waals surface area (Å²) in [4.78, 5) is 32.4. The van der Waals surface area contributed by atoms with Gasteiger partial charge in [0.15, 0.2) is 15.3 Å². The molecule has 0 aliphatic carbocycles. The zero-order chi connectivity index (χ0) is 19.2. The van der Waals surface area contributed by atoms with Gasteiger partial charge in [0.2, 0.25) is 0 Å².